The minimum atomic E-state index is -1.000. The van der Waals surface area contributed by atoms with Crippen molar-refractivity contribution in [1.82, 2.24) is 0 Å². The lowest BCUT2D eigenvalue weighted by Gasteiger charge is -2.08. The quantitative estimate of drug-likeness (QED) is 0.865. The Kier molecular flexibility index (Phi) is 4.90. The van der Waals surface area contributed by atoms with Crippen LogP contribution < -0.4 is 0 Å². The summed E-state index contributed by atoms with van der Waals surface area (Å²) in [4.78, 5) is 11.5. The smallest absolute Gasteiger partial charge is 0.165 e. The molecule has 1 aromatic rings. The van der Waals surface area contributed by atoms with E-state index in [0.29, 0.717) is 11.4 Å². The highest BCUT2D eigenvalue weighted by Gasteiger charge is 2.16. The van der Waals surface area contributed by atoms with Crippen LogP contribution >= 0.6 is 11.6 Å². The Hall–Kier alpha value is -0.930. The van der Waals surface area contributed by atoms with Crippen LogP contribution in [0.15, 0.2) is 18.2 Å². The van der Waals surface area contributed by atoms with Crippen molar-refractivity contribution >= 4 is 17.4 Å². The van der Waals surface area contributed by atoms with Gasteiger partial charge in [-0.25, -0.2) is 4.39 Å². The summed E-state index contributed by atoms with van der Waals surface area (Å²) in [5.41, 5.74) is 0.268. The Labute approximate surface area is 99.0 Å². The summed E-state index contributed by atoms with van der Waals surface area (Å²) in [6.45, 7) is 1.87. The van der Waals surface area contributed by atoms with Crippen molar-refractivity contribution < 1.29 is 14.3 Å². The standard InChI is InChI=1S/C12H14ClFO2/c1-2-3-11(15)12(16)6-8-4-5-9(13)7-10(8)14/h4-5,7,11,15H,2-3,6H2,1H3. The first-order chi connectivity index (χ1) is 7.54. The van der Waals surface area contributed by atoms with Crippen LogP contribution in [0.4, 0.5) is 4.39 Å². The summed E-state index contributed by atoms with van der Waals surface area (Å²) in [6, 6.07) is 4.16. The molecule has 1 unspecified atom stereocenters. The van der Waals surface area contributed by atoms with E-state index < -0.39 is 11.9 Å². The number of halogens is 2. The molecule has 1 aromatic carbocycles. The molecule has 0 radical (unpaired) electrons. The van der Waals surface area contributed by atoms with E-state index in [1.165, 1.54) is 12.1 Å². The highest BCUT2D eigenvalue weighted by atomic mass is 35.5. The van der Waals surface area contributed by atoms with Gasteiger partial charge in [0.15, 0.2) is 5.78 Å². The van der Waals surface area contributed by atoms with E-state index in [9.17, 15) is 14.3 Å². The first-order valence-electron chi connectivity index (χ1n) is 5.19. The molecule has 0 aromatic heterocycles. The maximum Gasteiger partial charge on any atom is 0.165 e. The van der Waals surface area contributed by atoms with Crippen molar-refractivity contribution in [2.75, 3.05) is 0 Å². The van der Waals surface area contributed by atoms with Gasteiger partial charge in [-0.2, -0.15) is 0 Å². The number of benzene rings is 1. The molecule has 4 heteroatoms. The number of carbonyl (C=O) groups excluding carboxylic acids is 1. The highest BCUT2D eigenvalue weighted by Crippen LogP contribution is 2.16. The molecule has 0 heterocycles. The molecule has 0 aliphatic carbocycles. The summed E-state index contributed by atoms with van der Waals surface area (Å²) in [7, 11) is 0. The van der Waals surface area contributed by atoms with E-state index >= 15 is 0 Å². The average Bonchev–Trinajstić information content (AvgIpc) is 2.22. The number of Topliss-reactive ketones (excluding diaryl/α,β-unsaturated/α-hetero) is 1. The maximum atomic E-state index is 13.3. The van der Waals surface area contributed by atoms with Crippen molar-refractivity contribution in [3.05, 3.63) is 34.6 Å². The van der Waals surface area contributed by atoms with Gasteiger partial charge in [-0.1, -0.05) is 31.0 Å². The molecular weight excluding hydrogens is 231 g/mol. The van der Waals surface area contributed by atoms with E-state index in [4.69, 9.17) is 11.6 Å². The molecule has 0 aliphatic heterocycles. The second-order valence-corrected chi connectivity index (χ2v) is 4.12. The van der Waals surface area contributed by atoms with E-state index in [-0.39, 0.29) is 17.8 Å². The fraction of sp³-hybridized carbons (Fsp3) is 0.417. The number of hydrogen-bond acceptors (Lipinski definition) is 2. The Morgan fingerprint density at radius 2 is 2.25 bits per heavy atom. The zero-order chi connectivity index (χ0) is 12.1. The Morgan fingerprint density at radius 3 is 2.81 bits per heavy atom. The van der Waals surface area contributed by atoms with Gasteiger partial charge in [0.05, 0.1) is 0 Å². The second kappa shape index (κ2) is 5.97. The van der Waals surface area contributed by atoms with Gasteiger partial charge in [-0.3, -0.25) is 4.79 Å². The number of carbonyl (C=O) groups is 1. The maximum absolute atomic E-state index is 13.3. The van der Waals surface area contributed by atoms with Gasteiger partial charge in [-0.05, 0) is 24.1 Å². The van der Waals surface area contributed by atoms with Crippen molar-refractivity contribution in [2.45, 2.75) is 32.3 Å². The number of rotatable bonds is 5. The molecule has 1 atom stereocenters. The normalized spacial score (nSPS) is 12.5. The summed E-state index contributed by atoms with van der Waals surface area (Å²) in [6.07, 6.45) is 0.0360. The highest BCUT2D eigenvalue weighted by molar-refractivity contribution is 6.30. The van der Waals surface area contributed by atoms with Crippen LogP contribution in [-0.2, 0) is 11.2 Å². The summed E-state index contributed by atoms with van der Waals surface area (Å²) in [5.74, 6) is -0.868. The third kappa shape index (κ3) is 3.58. The van der Waals surface area contributed by atoms with Crippen molar-refractivity contribution in [3.63, 3.8) is 0 Å². The van der Waals surface area contributed by atoms with Crippen molar-refractivity contribution in [1.29, 1.82) is 0 Å². The summed E-state index contributed by atoms with van der Waals surface area (Å²) < 4.78 is 13.3. The van der Waals surface area contributed by atoms with Gasteiger partial charge in [0, 0.05) is 11.4 Å². The topological polar surface area (TPSA) is 37.3 Å². The minimum absolute atomic E-state index is 0.0931. The Balaban J connectivity index is 2.69. The van der Waals surface area contributed by atoms with Crippen molar-refractivity contribution in [2.24, 2.45) is 0 Å². The number of aliphatic hydroxyl groups is 1. The first kappa shape index (κ1) is 13.1. The van der Waals surface area contributed by atoms with E-state index in [1.54, 1.807) is 0 Å². The number of hydrogen-bond donors (Lipinski definition) is 1. The zero-order valence-corrected chi connectivity index (χ0v) is 9.80. The van der Waals surface area contributed by atoms with E-state index in [1.807, 2.05) is 6.92 Å². The number of ketones is 1. The summed E-state index contributed by atoms with van der Waals surface area (Å²) in [5, 5.41) is 9.72. The lowest BCUT2D eigenvalue weighted by molar-refractivity contribution is -0.126. The molecule has 1 N–H and O–H groups in total. The van der Waals surface area contributed by atoms with Gasteiger partial charge in [0.2, 0.25) is 0 Å². The lowest BCUT2D eigenvalue weighted by atomic mass is 10.0. The molecule has 0 saturated carbocycles. The van der Waals surface area contributed by atoms with Crippen LogP contribution in [0.1, 0.15) is 25.3 Å². The molecule has 1 rings (SSSR count). The fourth-order valence-electron chi connectivity index (χ4n) is 1.40. The Bertz CT molecular complexity index is 379. The monoisotopic (exact) mass is 244 g/mol. The zero-order valence-electron chi connectivity index (χ0n) is 9.04. The molecule has 16 heavy (non-hydrogen) atoms. The van der Waals surface area contributed by atoms with Gasteiger partial charge in [0.1, 0.15) is 11.9 Å². The van der Waals surface area contributed by atoms with Crippen LogP contribution in [0, 0.1) is 5.82 Å². The molecule has 0 amide bonds. The molecule has 0 aliphatic rings. The van der Waals surface area contributed by atoms with E-state index in [0.717, 1.165) is 12.5 Å². The van der Waals surface area contributed by atoms with Gasteiger partial charge >= 0.3 is 0 Å². The predicted molar refractivity (Wildman–Crippen MR) is 61.0 cm³/mol. The summed E-state index contributed by atoms with van der Waals surface area (Å²) >= 11 is 5.59. The minimum Gasteiger partial charge on any atom is -0.385 e. The van der Waals surface area contributed by atoms with Crippen LogP contribution in [0.5, 0.6) is 0 Å². The Morgan fingerprint density at radius 1 is 1.56 bits per heavy atom. The van der Waals surface area contributed by atoms with Crippen LogP contribution in [-0.4, -0.2) is 17.0 Å². The van der Waals surface area contributed by atoms with Crippen LogP contribution in [0.3, 0.4) is 0 Å². The lowest BCUT2D eigenvalue weighted by Crippen LogP contribution is -2.22. The van der Waals surface area contributed by atoms with Crippen LogP contribution in [0.25, 0.3) is 0 Å². The van der Waals surface area contributed by atoms with Crippen molar-refractivity contribution in [3.8, 4) is 0 Å². The molecule has 88 valence electrons. The third-order valence-corrected chi connectivity index (χ3v) is 2.55. The van der Waals surface area contributed by atoms with Crippen LogP contribution in [0.2, 0.25) is 5.02 Å². The molecule has 0 fully saturated rings. The first-order valence-corrected chi connectivity index (χ1v) is 5.57. The number of aliphatic hydroxyl groups excluding tert-OH is 1. The molecule has 0 spiro atoms. The largest absolute Gasteiger partial charge is 0.385 e. The second-order valence-electron chi connectivity index (χ2n) is 3.68. The van der Waals surface area contributed by atoms with Gasteiger partial charge in [-0.15, -0.1) is 0 Å². The van der Waals surface area contributed by atoms with Gasteiger partial charge < -0.3 is 5.11 Å². The average molecular weight is 245 g/mol. The van der Waals surface area contributed by atoms with E-state index in [2.05, 4.69) is 0 Å². The molecular formula is C12H14ClFO2. The SMILES string of the molecule is CCCC(O)C(=O)Cc1ccc(Cl)cc1F. The van der Waals surface area contributed by atoms with Gasteiger partial charge in [0.25, 0.3) is 0 Å². The molecule has 0 saturated heterocycles. The fourth-order valence-corrected chi connectivity index (χ4v) is 1.56. The molecule has 2 nitrogen and oxygen atoms in total. The third-order valence-electron chi connectivity index (χ3n) is 2.31. The predicted octanol–water partition coefficient (Wildman–Crippen LogP) is 2.75. The molecule has 0 bridgehead atoms.